The van der Waals surface area contributed by atoms with Gasteiger partial charge in [0.2, 0.25) is 0 Å². The third kappa shape index (κ3) is 11.7. The lowest BCUT2D eigenvalue weighted by Crippen LogP contribution is -2.05. The Morgan fingerprint density at radius 2 is 1.66 bits per heavy atom. The normalized spacial score (nSPS) is 10.4. The maximum atomic E-state index is 6.23. The second-order valence-corrected chi connectivity index (χ2v) is 9.89. The summed E-state index contributed by atoms with van der Waals surface area (Å²) in [5.41, 5.74) is 3.41. The Kier molecular flexibility index (Phi) is 14.2. The number of rotatable bonds is 15. The molecule has 1 aromatic carbocycles. The molecule has 0 aliphatic rings. The molecule has 0 aromatic heterocycles. The minimum Gasteiger partial charge on any atom is -0.493 e. The Morgan fingerprint density at radius 1 is 0.966 bits per heavy atom. The predicted molar refractivity (Wildman–Crippen MR) is 130 cm³/mol. The van der Waals surface area contributed by atoms with Gasteiger partial charge in [-0.25, -0.2) is 0 Å². The van der Waals surface area contributed by atoms with Gasteiger partial charge in [-0.05, 0) is 114 Å². The van der Waals surface area contributed by atoms with Crippen LogP contribution in [0.5, 0.6) is 11.5 Å². The zero-order valence-corrected chi connectivity index (χ0v) is 21.4. The molecule has 0 saturated carbocycles. The van der Waals surface area contributed by atoms with Gasteiger partial charge >= 0.3 is 0 Å². The van der Waals surface area contributed by atoms with Gasteiger partial charge in [-0.15, -0.1) is 0 Å². The van der Waals surface area contributed by atoms with Crippen LogP contribution in [0.15, 0.2) is 26.8 Å². The number of halogens is 2. The van der Waals surface area contributed by atoms with Crippen LogP contribution in [0.1, 0.15) is 70.9 Å². The minimum absolute atomic E-state index is 0.521. The summed E-state index contributed by atoms with van der Waals surface area (Å²) in [5, 5.41) is 3.95. The van der Waals surface area contributed by atoms with E-state index in [1.165, 1.54) is 11.1 Å². The van der Waals surface area contributed by atoms with Crippen molar-refractivity contribution in [3.63, 3.8) is 0 Å². The summed E-state index contributed by atoms with van der Waals surface area (Å²) in [4.78, 5) is 5.23. The lowest BCUT2D eigenvalue weighted by Gasteiger charge is -2.17. The van der Waals surface area contributed by atoms with E-state index >= 15 is 0 Å². The molecule has 1 aromatic rings. The molecule has 4 nitrogen and oxygen atoms in total. The van der Waals surface area contributed by atoms with Crippen molar-refractivity contribution in [2.45, 2.75) is 72.6 Å². The monoisotopic (exact) mass is 531 g/mol. The number of nitrogens with zero attached hydrogens (tertiary/aromatic N) is 1. The van der Waals surface area contributed by atoms with Crippen molar-refractivity contribution in [1.29, 1.82) is 0 Å². The molecule has 0 fully saturated rings. The summed E-state index contributed by atoms with van der Waals surface area (Å²) < 4.78 is 13.0. The lowest BCUT2D eigenvalue weighted by atomic mass is 10.0. The number of hydrogen-bond acceptors (Lipinski definition) is 4. The molecule has 0 aliphatic heterocycles. The Balaban J connectivity index is 2.56. The lowest BCUT2D eigenvalue weighted by molar-refractivity contribution is 0.139. The summed E-state index contributed by atoms with van der Waals surface area (Å²) in [6, 6.07) is 4.24. The maximum Gasteiger partial charge on any atom is 0.125 e. The van der Waals surface area contributed by atoms with Crippen LogP contribution in [0.2, 0.25) is 0 Å². The summed E-state index contributed by atoms with van der Waals surface area (Å²) in [6.45, 7) is 10.2. The van der Waals surface area contributed by atoms with Gasteiger partial charge in [0.05, 0.1) is 15.7 Å². The molecule has 0 atom stereocenters. The molecule has 1 rings (SSSR count). The molecule has 0 N–H and O–H groups in total. The van der Waals surface area contributed by atoms with E-state index in [4.69, 9.17) is 14.3 Å². The molecule has 29 heavy (non-hydrogen) atoms. The van der Waals surface area contributed by atoms with E-state index in [-0.39, 0.29) is 0 Å². The van der Waals surface area contributed by atoms with E-state index in [0.717, 1.165) is 72.2 Å². The smallest absolute Gasteiger partial charge is 0.125 e. The first kappa shape index (κ1) is 26.0. The Hall–Kier alpha value is -1.01. The van der Waals surface area contributed by atoms with Gasteiger partial charge < -0.3 is 14.3 Å². The Labute approximate surface area is 193 Å². The number of benzene rings is 1. The van der Waals surface area contributed by atoms with Gasteiger partial charge in [-0.1, -0.05) is 25.4 Å². The van der Waals surface area contributed by atoms with Crippen molar-refractivity contribution in [2.75, 3.05) is 19.8 Å². The van der Waals surface area contributed by atoms with E-state index in [2.05, 4.69) is 63.0 Å². The van der Waals surface area contributed by atoms with Gasteiger partial charge in [0.15, 0.2) is 0 Å². The van der Waals surface area contributed by atoms with Crippen LogP contribution in [0.25, 0.3) is 0 Å². The van der Waals surface area contributed by atoms with Crippen LogP contribution >= 0.6 is 31.9 Å². The molecule has 0 bridgehead atoms. The van der Waals surface area contributed by atoms with Crippen LogP contribution in [-0.2, 0) is 17.7 Å². The molecule has 0 heterocycles. The number of aryl methyl sites for hydroxylation is 2. The van der Waals surface area contributed by atoms with Crippen molar-refractivity contribution in [3.8, 4) is 11.5 Å². The number of hydrogen-bond donors (Lipinski definition) is 0. The highest BCUT2D eigenvalue weighted by Crippen LogP contribution is 2.31. The molecule has 0 spiro atoms. The zero-order chi connectivity index (χ0) is 21.5. The van der Waals surface area contributed by atoms with E-state index in [1.807, 2.05) is 19.9 Å². The average molecular weight is 533 g/mol. The molecule has 6 heteroatoms. The van der Waals surface area contributed by atoms with Crippen molar-refractivity contribution >= 4 is 37.6 Å². The SMILES string of the molecule is CCCc1cc(OCC=C(Br)Br)cc(CC)c1OCCCCCCON=C(C)C. The third-order valence-corrected chi connectivity index (χ3v) is 4.88. The van der Waals surface area contributed by atoms with Crippen LogP contribution in [0, 0.1) is 0 Å². The molecule has 0 unspecified atom stereocenters. The summed E-state index contributed by atoms with van der Waals surface area (Å²) in [7, 11) is 0. The fraction of sp³-hybridized carbons (Fsp3) is 0.609. The van der Waals surface area contributed by atoms with Crippen molar-refractivity contribution in [1.82, 2.24) is 0 Å². The maximum absolute atomic E-state index is 6.23. The molecule has 0 amide bonds. The first-order valence-electron chi connectivity index (χ1n) is 10.5. The first-order chi connectivity index (χ1) is 14.0. The number of oxime groups is 1. The predicted octanol–water partition coefficient (Wildman–Crippen LogP) is 7.56. The molecular weight excluding hydrogens is 498 g/mol. The largest absolute Gasteiger partial charge is 0.493 e. The topological polar surface area (TPSA) is 40.0 Å². The van der Waals surface area contributed by atoms with Crippen LogP contribution in [0.4, 0.5) is 0 Å². The standard InChI is InChI=1S/C23H35Br2NO3/c1-5-11-20-17-21(27-15-12-22(24)25)16-19(6-2)23(20)28-13-9-7-8-10-14-29-26-18(3)4/h12,16-17H,5-11,13-15H2,1-4H3. The molecule has 0 saturated heterocycles. The zero-order valence-electron chi connectivity index (χ0n) is 18.2. The third-order valence-electron chi connectivity index (χ3n) is 4.23. The van der Waals surface area contributed by atoms with Crippen molar-refractivity contribution < 1.29 is 14.3 Å². The Bertz CT molecular complexity index is 652. The fourth-order valence-corrected chi connectivity index (χ4v) is 3.15. The fourth-order valence-electron chi connectivity index (χ4n) is 2.88. The van der Waals surface area contributed by atoms with Gasteiger partial charge in [0.1, 0.15) is 24.7 Å². The van der Waals surface area contributed by atoms with E-state index in [0.29, 0.717) is 13.2 Å². The second-order valence-electron chi connectivity index (χ2n) is 7.11. The molecule has 164 valence electrons. The number of unbranched alkanes of at least 4 members (excludes halogenated alkanes) is 3. The van der Waals surface area contributed by atoms with Gasteiger partial charge in [-0.3, -0.25) is 0 Å². The highest BCUT2D eigenvalue weighted by molar-refractivity contribution is 9.28. The molecular formula is C23H35Br2NO3. The van der Waals surface area contributed by atoms with E-state index in [1.54, 1.807) is 0 Å². The summed E-state index contributed by atoms with van der Waals surface area (Å²) >= 11 is 6.71. The molecule has 0 aliphatic carbocycles. The minimum atomic E-state index is 0.521. The van der Waals surface area contributed by atoms with Crippen molar-refractivity contribution in [3.05, 3.63) is 32.7 Å². The van der Waals surface area contributed by atoms with Crippen LogP contribution < -0.4 is 9.47 Å². The van der Waals surface area contributed by atoms with Crippen LogP contribution in [-0.4, -0.2) is 25.5 Å². The van der Waals surface area contributed by atoms with Gasteiger partial charge in [0, 0.05) is 0 Å². The van der Waals surface area contributed by atoms with E-state index in [9.17, 15) is 0 Å². The summed E-state index contributed by atoms with van der Waals surface area (Å²) in [6.07, 6.45) is 9.29. The van der Waals surface area contributed by atoms with Gasteiger partial charge in [-0.2, -0.15) is 0 Å². The first-order valence-corrected chi connectivity index (χ1v) is 12.1. The number of ether oxygens (including phenoxy) is 2. The summed E-state index contributed by atoms with van der Waals surface area (Å²) in [5.74, 6) is 1.95. The highest BCUT2D eigenvalue weighted by Gasteiger charge is 2.12. The molecule has 0 radical (unpaired) electrons. The quantitative estimate of drug-likeness (QED) is 0.133. The average Bonchev–Trinajstić information content (AvgIpc) is 2.67. The highest BCUT2D eigenvalue weighted by atomic mass is 79.9. The van der Waals surface area contributed by atoms with Crippen LogP contribution in [0.3, 0.4) is 0 Å². The second kappa shape index (κ2) is 15.8. The van der Waals surface area contributed by atoms with Crippen molar-refractivity contribution in [2.24, 2.45) is 5.16 Å². The van der Waals surface area contributed by atoms with Gasteiger partial charge in [0.25, 0.3) is 0 Å². The Morgan fingerprint density at radius 3 is 2.28 bits per heavy atom. The van der Waals surface area contributed by atoms with E-state index < -0.39 is 0 Å².